The Labute approximate surface area is 120 Å². The molecular weight excluding hydrogens is 252 g/mol. The maximum atomic E-state index is 12.7. The molecule has 0 bridgehead atoms. The number of nitrogens with zero attached hydrogens (tertiary/aromatic N) is 1. The van der Waals surface area contributed by atoms with Gasteiger partial charge in [0.05, 0.1) is 12.1 Å². The van der Waals surface area contributed by atoms with Crippen LogP contribution in [0.2, 0.25) is 0 Å². The van der Waals surface area contributed by atoms with Crippen LogP contribution >= 0.6 is 0 Å². The Morgan fingerprint density at radius 3 is 3.00 bits per heavy atom. The fraction of sp³-hybridized carbons (Fsp3) is 0.562. The van der Waals surface area contributed by atoms with E-state index in [1.807, 2.05) is 17.9 Å². The van der Waals surface area contributed by atoms with Crippen molar-refractivity contribution in [3.8, 4) is 0 Å². The number of carbonyl (C=O) groups is 1. The highest BCUT2D eigenvalue weighted by molar-refractivity contribution is 5.82. The van der Waals surface area contributed by atoms with E-state index in [1.165, 1.54) is 11.1 Å². The van der Waals surface area contributed by atoms with Crippen LogP contribution in [0.1, 0.15) is 24.5 Å². The van der Waals surface area contributed by atoms with Crippen molar-refractivity contribution in [2.75, 3.05) is 19.7 Å². The molecule has 1 fully saturated rings. The number of carbonyl (C=O) groups excluding carboxylic acids is 1. The van der Waals surface area contributed by atoms with Crippen LogP contribution in [-0.4, -0.2) is 42.6 Å². The van der Waals surface area contributed by atoms with Gasteiger partial charge in [0.1, 0.15) is 0 Å². The van der Waals surface area contributed by atoms with Crippen molar-refractivity contribution in [2.45, 2.75) is 38.5 Å². The largest absolute Gasteiger partial charge is 0.377 e. The standard InChI is InChI=1S/C16H22N2O2/c1-12-11-18(7-4-8-20-12)16(19)15-9-13-5-2-3-6-14(13)10-17-15/h2-3,5-6,12,15,17H,4,7-11H2,1H3/t12?,15-/m1/s1. The number of amides is 1. The van der Waals surface area contributed by atoms with Crippen molar-refractivity contribution >= 4 is 5.91 Å². The summed E-state index contributed by atoms with van der Waals surface area (Å²) in [6, 6.07) is 8.27. The lowest BCUT2D eigenvalue weighted by molar-refractivity contribution is -0.134. The molecule has 108 valence electrons. The number of hydrogen-bond donors (Lipinski definition) is 1. The Kier molecular flexibility index (Phi) is 4.03. The Morgan fingerprint density at radius 2 is 2.15 bits per heavy atom. The van der Waals surface area contributed by atoms with Crippen LogP contribution in [0.4, 0.5) is 0 Å². The third-order valence-electron chi connectivity index (χ3n) is 4.14. The number of nitrogens with one attached hydrogen (secondary N) is 1. The Balaban J connectivity index is 1.69. The highest BCUT2D eigenvalue weighted by atomic mass is 16.5. The van der Waals surface area contributed by atoms with Gasteiger partial charge in [-0.15, -0.1) is 0 Å². The summed E-state index contributed by atoms with van der Waals surface area (Å²) in [7, 11) is 0. The van der Waals surface area contributed by atoms with Crippen molar-refractivity contribution in [1.82, 2.24) is 10.2 Å². The smallest absolute Gasteiger partial charge is 0.240 e. The molecule has 0 aromatic heterocycles. The topological polar surface area (TPSA) is 41.6 Å². The van der Waals surface area contributed by atoms with Gasteiger partial charge in [0.2, 0.25) is 5.91 Å². The SMILES string of the molecule is CC1CN(C(=O)[C@H]2Cc3ccccc3CN2)CCCO1. The minimum atomic E-state index is -0.0878. The van der Waals surface area contributed by atoms with E-state index in [0.29, 0.717) is 6.54 Å². The normalized spacial score (nSPS) is 26.8. The molecule has 20 heavy (non-hydrogen) atoms. The van der Waals surface area contributed by atoms with Crippen LogP contribution in [-0.2, 0) is 22.5 Å². The monoisotopic (exact) mass is 274 g/mol. The third kappa shape index (κ3) is 2.86. The second-order valence-corrected chi connectivity index (χ2v) is 5.73. The van der Waals surface area contributed by atoms with Crippen molar-refractivity contribution in [2.24, 2.45) is 0 Å². The minimum Gasteiger partial charge on any atom is -0.377 e. The second kappa shape index (κ2) is 5.94. The predicted octanol–water partition coefficient (Wildman–Crippen LogP) is 1.34. The first-order chi connectivity index (χ1) is 9.74. The van der Waals surface area contributed by atoms with Gasteiger partial charge >= 0.3 is 0 Å². The van der Waals surface area contributed by atoms with E-state index in [4.69, 9.17) is 4.74 Å². The lowest BCUT2D eigenvalue weighted by Crippen LogP contribution is -2.50. The lowest BCUT2D eigenvalue weighted by atomic mass is 9.95. The quantitative estimate of drug-likeness (QED) is 0.840. The predicted molar refractivity (Wildman–Crippen MR) is 77.4 cm³/mol. The van der Waals surface area contributed by atoms with E-state index < -0.39 is 0 Å². The Bertz CT molecular complexity index is 489. The van der Waals surface area contributed by atoms with E-state index in [9.17, 15) is 4.79 Å². The van der Waals surface area contributed by atoms with E-state index in [-0.39, 0.29) is 18.1 Å². The molecule has 2 aliphatic heterocycles. The van der Waals surface area contributed by atoms with Crippen LogP contribution in [0.3, 0.4) is 0 Å². The maximum Gasteiger partial charge on any atom is 0.240 e. The molecule has 1 saturated heterocycles. The van der Waals surface area contributed by atoms with Crippen LogP contribution in [0, 0.1) is 0 Å². The first-order valence-corrected chi connectivity index (χ1v) is 7.44. The average molecular weight is 274 g/mol. The molecular formula is C16H22N2O2. The van der Waals surface area contributed by atoms with Crippen LogP contribution in [0.15, 0.2) is 24.3 Å². The highest BCUT2D eigenvalue weighted by Gasteiger charge is 2.29. The molecule has 1 aromatic rings. The van der Waals surface area contributed by atoms with Gasteiger partial charge in [-0.1, -0.05) is 24.3 Å². The Hall–Kier alpha value is -1.39. The summed E-state index contributed by atoms with van der Waals surface area (Å²) in [6.45, 7) is 5.09. The van der Waals surface area contributed by atoms with Crippen molar-refractivity contribution < 1.29 is 9.53 Å². The van der Waals surface area contributed by atoms with Gasteiger partial charge in [0.25, 0.3) is 0 Å². The fourth-order valence-corrected chi connectivity index (χ4v) is 3.04. The molecule has 1 amide bonds. The summed E-state index contributed by atoms with van der Waals surface area (Å²) < 4.78 is 5.61. The molecule has 1 aromatic carbocycles. The first kappa shape index (κ1) is 13.6. The molecule has 1 unspecified atom stereocenters. The molecule has 0 aliphatic carbocycles. The van der Waals surface area contributed by atoms with Gasteiger partial charge in [-0.25, -0.2) is 0 Å². The summed E-state index contributed by atoms with van der Waals surface area (Å²) in [5.74, 6) is 0.219. The lowest BCUT2D eigenvalue weighted by Gasteiger charge is -2.31. The molecule has 1 N–H and O–H groups in total. The molecule has 2 atom stereocenters. The summed E-state index contributed by atoms with van der Waals surface area (Å²) in [5.41, 5.74) is 2.60. The summed E-state index contributed by atoms with van der Waals surface area (Å²) in [4.78, 5) is 14.6. The maximum absolute atomic E-state index is 12.7. The van der Waals surface area contributed by atoms with Gasteiger partial charge in [0.15, 0.2) is 0 Å². The van der Waals surface area contributed by atoms with Crippen LogP contribution in [0.5, 0.6) is 0 Å². The molecule has 0 spiro atoms. The van der Waals surface area contributed by atoms with Crippen molar-refractivity contribution in [3.05, 3.63) is 35.4 Å². The van der Waals surface area contributed by atoms with Crippen molar-refractivity contribution in [1.29, 1.82) is 0 Å². The molecule has 4 nitrogen and oxygen atoms in total. The zero-order valence-electron chi connectivity index (χ0n) is 12.0. The molecule has 3 rings (SSSR count). The molecule has 0 radical (unpaired) electrons. The van der Waals surface area contributed by atoms with Gasteiger partial charge in [0, 0.05) is 26.2 Å². The summed E-state index contributed by atoms with van der Waals surface area (Å²) in [6.07, 6.45) is 1.86. The molecule has 0 saturated carbocycles. The zero-order valence-corrected chi connectivity index (χ0v) is 12.0. The second-order valence-electron chi connectivity index (χ2n) is 5.73. The van der Waals surface area contributed by atoms with Gasteiger partial charge in [-0.05, 0) is 30.9 Å². The van der Waals surface area contributed by atoms with Gasteiger partial charge in [-0.2, -0.15) is 0 Å². The van der Waals surface area contributed by atoms with Gasteiger partial charge < -0.3 is 15.0 Å². The molecule has 4 heteroatoms. The molecule has 2 heterocycles. The van der Waals surface area contributed by atoms with Crippen molar-refractivity contribution in [3.63, 3.8) is 0 Å². The third-order valence-corrected chi connectivity index (χ3v) is 4.14. The summed E-state index contributed by atoms with van der Waals surface area (Å²) in [5, 5.41) is 3.38. The van der Waals surface area contributed by atoms with E-state index in [0.717, 1.165) is 32.5 Å². The zero-order chi connectivity index (χ0) is 13.9. The van der Waals surface area contributed by atoms with E-state index >= 15 is 0 Å². The van der Waals surface area contributed by atoms with E-state index in [1.54, 1.807) is 0 Å². The number of ether oxygens (including phenoxy) is 1. The minimum absolute atomic E-state index is 0.0878. The first-order valence-electron chi connectivity index (χ1n) is 7.44. The Morgan fingerprint density at radius 1 is 1.35 bits per heavy atom. The van der Waals surface area contributed by atoms with Gasteiger partial charge in [-0.3, -0.25) is 4.79 Å². The van der Waals surface area contributed by atoms with E-state index in [2.05, 4.69) is 23.5 Å². The van der Waals surface area contributed by atoms with Crippen LogP contribution < -0.4 is 5.32 Å². The van der Waals surface area contributed by atoms with Crippen LogP contribution in [0.25, 0.3) is 0 Å². The number of fused-ring (bicyclic) bond motifs is 1. The number of hydrogen-bond acceptors (Lipinski definition) is 3. The molecule has 2 aliphatic rings. The average Bonchev–Trinajstić information content (AvgIpc) is 2.70. The number of rotatable bonds is 1. The summed E-state index contributed by atoms with van der Waals surface area (Å²) >= 11 is 0. The fourth-order valence-electron chi connectivity index (χ4n) is 3.04. The highest BCUT2D eigenvalue weighted by Crippen LogP contribution is 2.18. The number of benzene rings is 1.